The van der Waals surface area contributed by atoms with Gasteiger partial charge in [-0.3, -0.25) is 0 Å². The predicted octanol–water partition coefficient (Wildman–Crippen LogP) is 5.86. The van der Waals surface area contributed by atoms with Crippen LogP contribution in [0.25, 0.3) is 0 Å². The van der Waals surface area contributed by atoms with Crippen LogP contribution in [0.2, 0.25) is 0 Å². The van der Waals surface area contributed by atoms with E-state index in [0.29, 0.717) is 5.56 Å². The molecule has 2 aromatic rings. The van der Waals surface area contributed by atoms with Crippen molar-refractivity contribution < 1.29 is 9.53 Å². The fraction of sp³-hybridized carbons (Fsp3) is 0.440. The lowest BCUT2D eigenvalue weighted by Crippen LogP contribution is -2.49. The van der Waals surface area contributed by atoms with Gasteiger partial charge in [-0.05, 0) is 76.4 Å². The number of hydrogen-bond donors (Lipinski definition) is 3. The van der Waals surface area contributed by atoms with E-state index in [9.17, 15) is 10.1 Å². The third-order valence-corrected chi connectivity index (χ3v) is 5.26. The minimum atomic E-state index is -0.523. The zero-order chi connectivity index (χ0) is 22.4. The summed E-state index contributed by atoms with van der Waals surface area (Å²) in [5.41, 5.74) is 3.82. The van der Waals surface area contributed by atoms with Crippen LogP contribution in [0.5, 0.6) is 0 Å². The summed E-state index contributed by atoms with van der Waals surface area (Å²) in [4.78, 5) is 12.3. The number of aryl methyl sites for hydroxylation is 1. The quantitative estimate of drug-likeness (QED) is 0.564. The van der Waals surface area contributed by atoms with Gasteiger partial charge < -0.3 is 20.7 Å². The van der Waals surface area contributed by atoms with E-state index in [1.165, 1.54) is 0 Å². The van der Waals surface area contributed by atoms with E-state index in [1.807, 2.05) is 70.2 Å². The van der Waals surface area contributed by atoms with Gasteiger partial charge in [-0.25, -0.2) is 4.79 Å². The van der Waals surface area contributed by atoms with Gasteiger partial charge in [0.1, 0.15) is 11.7 Å². The monoisotopic (exact) mass is 420 g/mol. The maximum Gasteiger partial charge on any atom is 0.407 e. The molecule has 0 aliphatic heterocycles. The second-order valence-corrected chi connectivity index (χ2v) is 9.15. The maximum absolute atomic E-state index is 12.3. The smallest absolute Gasteiger partial charge is 0.407 e. The minimum absolute atomic E-state index is 0.00701. The Labute approximate surface area is 185 Å². The van der Waals surface area contributed by atoms with Crippen molar-refractivity contribution in [3.05, 3.63) is 53.6 Å². The van der Waals surface area contributed by atoms with E-state index < -0.39 is 5.60 Å². The van der Waals surface area contributed by atoms with Crippen LogP contribution in [0, 0.1) is 18.3 Å². The van der Waals surface area contributed by atoms with Crippen LogP contribution in [-0.2, 0) is 4.74 Å². The first-order chi connectivity index (χ1) is 14.7. The maximum atomic E-state index is 12.3. The Bertz CT molecular complexity index is 959. The number of carbonyl (C=O) groups excluding carboxylic acids is 1. The number of nitriles is 1. The Morgan fingerprint density at radius 3 is 2.48 bits per heavy atom. The van der Waals surface area contributed by atoms with E-state index in [0.717, 1.165) is 48.3 Å². The first kappa shape index (κ1) is 22.5. The molecular formula is C25H32N4O2. The topological polar surface area (TPSA) is 86.2 Å². The summed E-state index contributed by atoms with van der Waals surface area (Å²) in [6.45, 7) is 7.63. The van der Waals surface area contributed by atoms with Crippen LogP contribution >= 0.6 is 0 Å². The lowest BCUT2D eigenvalue weighted by molar-refractivity contribution is 0.0488. The van der Waals surface area contributed by atoms with Crippen LogP contribution in [0.15, 0.2) is 42.5 Å². The molecule has 1 amide bonds. The summed E-state index contributed by atoms with van der Waals surface area (Å²) < 4.78 is 5.44. The number of nitrogens with one attached hydrogen (secondary N) is 3. The Balaban J connectivity index is 1.74. The van der Waals surface area contributed by atoms with Crippen molar-refractivity contribution in [1.29, 1.82) is 5.26 Å². The summed E-state index contributed by atoms with van der Waals surface area (Å²) >= 11 is 0. The van der Waals surface area contributed by atoms with Gasteiger partial charge in [0.2, 0.25) is 0 Å². The van der Waals surface area contributed by atoms with E-state index in [1.54, 1.807) is 0 Å². The highest BCUT2D eigenvalue weighted by atomic mass is 16.6. The standard InChI is InChI=1S/C25H32N4O2/c1-17-8-7-9-19(14-17)28-23-15-20(13-12-18(23)16-26)27-21-10-5-6-11-22(21)29-24(30)31-25(2,3)4/h7-9,12-15,21-22,27-28H,5-6,10-11H2,1-4H3,(H,29,30). The van der Waals surface area contributed by atoms with Crippen LogP contribution < -0.4 is 16.0 Å². The summed E-state index contributed by atoms with van der Waals surface area (Å²) in [5, 5.41) is 19.5. The van der Waals surface area contributed by atoms with Gasteiger partial charge in [-0.15, -0.1) is 0 Å². The Morgan fingerprint density at radius 2 is 1.81 bits per heavy atom. The summed E-state index contributed by atoms with van der Waals surface area (Å²) in [7, 11) is 0. The average Bonchev–Trinajstić information content (AvgIpc) is 2.68. The number of amides is 1. The third-order valence-electron chi connectivity index (χ3n) is 5.26. The number of anilines is 3. The molecule has 3 rings (SSSR count). The van der Waals surface area contributed by atoms with Gasteiger partial charge in [0.25, 0.3) is 0 Å². The largest absolute Gasteiger partial charge is 0.444 e. The van der Waals surface area contributed by atoms with Crippen molar-refractivity contribution in [3.8, 4) is 6.07 Å². The van der Waals surface area contributed by atoms with E-state index in [4.69, 9.17) is 4.74 Å². The van der Waals surface area contributed by atoms with Gasteiger partial charge in [0.05, 0.1) is 17.3 Å². The Hall–Kier alpha value is -3.20. The second kappa shape index (κ2) is 9.74. The van der Waals surface area contributed by atoms with Crippen molar-refractivity contribution in [3.63, 3.8) is 0 Å². The molecule has 0 saturated heterocycles. The Kier molecular flexibility index (Phi) is 7.06. The predicted molar refractivity (Wildman–Crippen MR) is 125 cm³/mol. The normalized spacial score (nSPS) is 18.5. The van der Waals surface area contributed by atoms with E-state index >= 15 is 0 Å². The first-order valence-corrected chi connectivity index (χ1v) is 10.9. The van der Waals surface area contributed by atoms with Crippen molar-refractivity contribution in [2.75, 3.05) is 10.6 Å². The molecule has 3 N–H and O–H groups in total. The molecule has 0 spiro atoms. The SMILES string of the molecule is Cc1cccc(Nc2cc(NC3CCCCC3NC(=O)OC(C)(C)C)ccc2C#N)c1. The van der Waals surface area contributed by atoms with Crippen LogP contribution in [-0.4, -0.2) is 23.8 Å². The number of benzene rings is 2. The van der Waals surface area contributed by atoms with Crippen LogP contribution in [0.4, 0.5) is 21.9 Å². The molecule has 164 valence electrons. The number of hydrogen-bond acceptors (Lipinski definition) is 5. The van der Waals surface area contributed by atoms with Crippen molar-refractivity contribution in [2.24, 2.45) is 0 Å². The van der Waals surface area contributed by atoms with Gasteiger partial charge in [0.15, 0.2) is 0 Å². The number of ether oxygens (including phenoxy) is 1. The molecule has 0 aromatic heterocycles. The molecule has 31 heavy (non-hydrogen) atoms. The van der Waals surface area contributed by atoms with E-state index in [-0.39, 0.29) is 18.2 Å². The molecule has 1 fully saturated rings. The molecule has 0 radical (unpaired) electrons. The Morgan fingerprint density at radius 1 is 1.06 bits per heavy atom. The zero-order valence-electron chi connectivity index (χ0n) is 18.8. The summed E-state index contributed by atoms with van der Waals surface area (Å²) in [6, 6.07) is 16.1. The van der Waals surface area contributed by atoms with Crippen LogP contribution in [0.3, 0.4) is 0 Å². The van der Waals surface area contributed by atoms with Gasteiger partial charge in [-0.1, -0.05) is 25.0 Å². The molecule has 2 atom stereocenters. The van der Waals surface area contributed by atoms with Gasteiger partial charge in [0, 0.05) is 17.4 Å². The number of alkyl carbamates (subject to hydrolysis) is 1. The molecule has 1 aliphatic rings. The highest BCUT2D eigenvalue weighted by Gasteiger charge is 2.28. The molecule has 0 bridgehead atoms. The molecule has 2 aromatic carbocycles. The molecule has 2 unspecified atom stereocenters. The van der Waals surface area contributed by atoms with Crippen molar-refractivity contribution in [1.82, 2.24) is 5.32 Å². The molecule has 1 saturated carbocycles. The molecule has 0 heterocycles. The minimum Gasteiger partial charge on any atom is -0.444 e. The highest BCUT2D eigenvalue weighted by Crippen LogP contribution is 2.28. The third kappa shape index (κ3) is 6.65. The average molecular weight is 421 g/mol. The fourth-order valence-corrected chi connectivity index (χ4v) is 3.86. The summed E-state index contributed by atoms with van der Waals surface area (Å²) in [6.07, 6.45) is 3.66. The van der Waals surface area contributed by atoms with Crippen LogP contribution in [0.1, 0.15) is 57.6 Å². The van der Waals surface area contributed by atoms with Crippen molar-refractivity contribution in [2.45, 2.75) is 71.1 Å². The fourth-order valence-electron chi connectivity index (χ4n) is 3.86. The molecular weight excluding hydrogens is 388 g/mol. The van der Waals surface area contributed by atoms with Gasteiger partial charge >= 0.3 is 6.09 Å². The highest BCUT2D eigenvalue weighted by molar-refractivity contribution is 5.72. The van der Waals surface area contributed by atoms with Gasteiger partial charge in [-0.2, -0.15) is 5.26 Å². The molecule has 6 nitrogen and oxygen atoms in total. The number of rotatable bonds is 5. The number of carbonyl (C=O) groups is 1. The molecule has 1 aliphatic carbocycles. The first-order valence-electron chi connectivity index (χ1n) is 10.9. The lowest BCUT2D eigenvalue weighted by atomic mass is 9.90. The molecule has 6 heteroatoms. The lowest BCUT2D eigenvalue weighted by Gasteiger charge is -2.34. The number of nitrogens with zero attached hydrogens (tertiary/aromatic N) is 1. The summed E-state index contributed by atoms with van der Waals surface area (Å²) in [5.74, 6) is 0. The zero-order valence-corrected chi connectivity index (χ0v) is 18.8. The van der Waals surface area contributed by atoms with Crippen molar-refractivity contribution >= 4 is 23.2 Å². The van der Waals surface area contributed by atoms with E-state index in [2.05, 4.69) is 22.0 Å². The second-order valence-electron chi connectivity index (χ2n) is 9.15.